The fourth-order valence-corrected chi connectivity index (χ4v) is 2.35. The Morgan fingerprint density at radius 1 is 1.44 bits per heavy atom. The molecule has 0 saturated heterocycles. The summed E-state index contributed by atoms with van der Waals surface area (Å²) in [5, 5.41) is 9.53. The number of benzene rings is 1. The summed E-state index contributed by atoms with van der Waals surface area (Å²) in [5.74, 6) is 0.890. The van der Waals surface area contributed by atoms with Crippen LogP contribution in [0.3, 0.4) is 0 Å². The summed E-state index contributed by atoms with van der Waals surface area (Å²) in [6.45, 7) is 2.64. The van der Waals surface area contributed by atoms with Gasteiger partial charge in [0, 0.05) is 35.8 Å². The van der Waals surface area contributed by atoms with Gasteiger partial charge in [-0.25, -0.2) is 0 Å². The summed E-state index contributed by atoms with van der Waals surface area (Å²) in [4.78, 5) is 2.14. The van der Waals surface area contributed by atoms with E-state index in [-0.39, 0.29) is 6.61 Å². The molecule has 1 aliphatic heterocycles. The van der Waals surface area contributed by atoms with Gasteiger partial charge in [-0.05, 0) is 25.6 Å². The molecular formula is C13H18ClNO3. The molecule has 1 aromatic rings. The quantitative estimate of drug-likeness (QED) is 0.890. The van der Waals surface area contributed by atoms with Crippen LogP contribution in [0.15, 0.2) is 12.1 Å². The molecule has 0 bridgehead atoms. The van der Waals surface area contributed by atoms with Gasteiger partial charge in [0.25, 0.3) is 0 Å². The lowest BCUT2D eigenvalue weighted by Crippen LogP contribution is -2.22. The maximum absolute atomic E-state index is 8.83. The summed E-state index contributed by atoms with van der Waals surface area (Å²) in [6, 6.07) is 3.81. The molecule has 1 N–H and O–H groups in total. The summed E-state index contributed by atoms with van der Waals surface area (Å²) >= 11 is 6.10. The molecular weight excluding hydrogens is 254 g/mol. The van der Waals surface area contributed by atoms with Gasteiger partial charge < -0.3 is 19.5 Å². The van der Waals surface area contributed by atoms with Crippen molar-refractivity contribution >= 4 is 11.6 Å². The second-order valence-corrected chi connectivity index (χ2v) is 4.92. The van der Waals surface area contributed by atoms with Crippen LogP contribution in [0.25, 0.3) is 0 Å². The van der Waals surface area contributed by atoms with Gasteiger partial charge in [0.2, 0.25) is 0 Å². The number of aliphatic hydroxyl groups is 1. The van der Waals surface area contributed by atoms with E-state index in [1.165, 1.54) is 0 Å². The third-order valence-electron chi connectivity index (χ3n) is 2.89. The lowest BCUT2D eigenvalue weighted by molar-refractivity contribution is -0.0174. The van der Waals surface area contributed by atoms with Crippen molar-refractivity contribution in [3.8, 4) is 5.75 Å². The van der Waals surface area contributed by atoms with Crippen LogP contribution in [-0.2, 0) is 17.9 Å². The Labute approximate surface area is 112 Å². The van der Waals surface area contributed by atoms with Crippen molar-refractivity contribution in [1.82, 2.24) is 4.90 Å². The molecule has 0 amide bonds. The molecule has 18 heavy (non-hydrogen) atoms. The molecule has 100 valence electrons. The minimum atomic E-state index is 0.211. The van der Waals surface area contributed by atoms with Gasteiger partial charge in [0.05, 0.1) is 6.61 Å². The van der Waals surface area contributed by atoms with Gasteiger partial charge in [0.15, 0.2) is 6.79 Å². The Bertz CT molecular complexity index is 411. The zero-order chi connectivity index (χ0) is 13.0. The second-order valence-electron chi connectivity index (χ2n) is 4.48. The monoisotopic (exact) mass is 271 g/mol. The molecule has 4 nitrogen and oxygen atoms in total. The third-order valence-corrected chi connectivity index (χ3v) is 3.11. The number of nitrogens with zero attached hydrogens (tertiary/aromatic N) is 1. The van der Waals surface area contributed by atoms with E-state index >= 15 is 0 Å². The molecule has 0 atom stereocenters. The van der Waals surface area contributed by atoms with Gasteiger partial charge in [-0.3, -0.25) is 0 Å². The first-order chi connectivity index (χ1) is 8.70. The van der Waals surface area contributed by atoms with E-state index in [0.717, 1.165) is 36.4 Å². The topological polar surface area (TPSA) is 41.9 Å². The Morgan fingerprint density at radius 2 is 2.28 bits per heavy atom. The number of hydrogen-bond donors (Lipinski definition) is 1. The van der Waals surface area contributed by atoms with Gasteiger partial charge in [-0.15, -0.1) is 0 Å². The zero-order valence-electron chi connectivity index (χ0n) is 10.5. The Hall–Kier alpha value is -0.810. The zero-order valence-corrected chi connectivity index (χ0v) is 11.2. The average molecular weight is 272 g/mol. The highest BCUT2D eigenvalue weighted by Gasteiger charge is 2.17. The Kier molecular flexibility index (Phi) is 4.83. The Balaban J connectivity index is 2.13. The first kappa shape index (κ1) is 13.6. The van der Waals surface area contributed by atoms with E-state index in [2.05, 4.69) is 4.90 Å². The van der Waals surface area contributed by atoms with Gasteiger partial charge in [0.1, 0.15) is 5.75 Å². The molecule has 0 spiro atoms. The molecule has 0 aromatic heterocycles. The van der Waals surface area contributed by atoms with E-state index in [4.69, 9.17) is 26.2 Å². The molecule has 0 saturated carbocycles. The molecule has 1 aromatic carbocycles. The second kappa shape index (κ2) is 6.38. The van der Waals surface area contributed by atoms with Crippen LogP contribution in [0.2, 0.25) is 5.02 Å². The van der Waals surface area contributed by atoms with Crippen molar-refractivity contribution in [2.24, 2.45) is 0 Å². The van der Waals surface area contributed by atoms with Gasteiger partial charge in [-0.2, -0.15) is 0 Å². The fourth-order valence-electron chi connectivity index (χ4n) is 2.08. The van der Waals surface area contributed by atoms with E-state index in [0.29, 0.717) is 18.4 Å². The molecule has 1 heterocycles. The number of rotatable bonds is 5. The number of aliphatic hydroxyl groups excluding tert-OH is 1. The number of fused-ring (bicyclic) bond motifs is 1. The summed E-state index contributed by atoms with van der Waals surface area (Å²) in [6.07, 6.45) is 0.767. The van der Waals surface area contributed by atoms with Crippen LogP contribution in [0.1, 0.15) is 17.5 Å². The molecule has 0 radical (unpaired) electrons. The van der Waals surface area contributed by atoms with Crippen molar-refractivity contribution in [2.75, 3.05) is 27.0 Å². The molecule has 0 aliphatic carbocycles. The van der Waals surface area contributed by atoms with Crippen molar-refractivity contribution in [2.45, 2.75) is 19.6 Å². The Morgan fingerprint density at radius 3 is 3.06 bits per heavy atom. The maximum Gasteiger partial charge on any atom is 0.189 e. The largest absolute Gasteiger partial charge is 0.467 e. The normalized spacial score (nSPS) is 14.4. The van der Waals surface area contributed by atoms with Gasteiger partial charge in [-0.1, -0.05) is 11.6 Å². The molecule has 2 rings (SSSR count). The number of ether oxygens (including phenoxy) is 2. The molecule has 1 aliphatic rings. The van der Waals surface area contributed by atoms with E-state index in [9.17, 15) is 0 Å². The first-order valence-corrected chi connectivity index (χ1v) is 6.39. The minimum absolute atomic E-state index is 0.211. The van der Waals surface area contributed by atoms with Crippen molar-refractivity contribution in [1.29, 1.82) is 0 Å². The van der Waals surface area contributed by atoms with Crippen LogP contribution < -0.4 is 4.74 Å². The SMILES string of the molecule is CN(CCCO)Cc1cc(Cl)cc2c1OCOC2. The minimum Gasteiger partial charge on any atom is -0.467 e. The van der Waals surface area contributed by atoms with Crippen molar-refractivity contribution < 1.29 is 14.6 Å². The third kappa shape index (κ3) is 3.36. The maximum atomic E-state index is 8.83. The fraction of sp³-hybridized carbons (Fsp3) is 0.538. The lowest BCUT2D eigenvalue weighted by Gasteiger charge is -2.23. The number of halogens is 1. The summed E-state index contributed by atoms with van der Waals surface area (Å²) in [5.41, 5.74) is 2.07. The van der Waals surface area contributed by atoms with E-state index < -0.39 is 0 Å². The van der Waals surface area contributed by atoms with Crippen molar-refractivity contribution in [3.05, 3.63) is 28.3 Å². The standard InChI is InChI=1S/C13H18ClNO3/c1-15(3-2-4-16)7-10-5-12(14)6-11-8-17-9-18-13(10)11/h5-6,16H,2-4,7-9H2,1H3. The summed E-state index contributed by atoms with van der Waals surface area (Å²) < 4.78 is 10.8. The highest BCUT2D eigenvalue weighted by Crippen LogP contribution is 2.32. The first-order valence-electron chi connectivity index (χ1n) is 6.02. The predicted molar refractivity (Wildman–Crippen MR) is 69.8 cm³/mol. The summed E-state index contributed by atoms with van der Waals surface area (Å²) in [7, 11) is 2.02. The van der Waals surface area contributed by atoms with Crippen LogP contribution in [-0.4, -0.2) is 37.0 Å². The molecule has 5 heteroatoms. The van der Waals surface area contributed by atoms with Crippen LogP contribution >= 0.6 is 11.6 Å². The highest BCUT2D eigenvalue weighted by atomic mass is 35.5. The van der Waals surface area contributed by atoms with Crippen LogP contribution in [0, 0.1) is 0 Å². The van der Waals surface area contributed by atoms with Crippen molar-refractivity contribution in [3.63, 3.8) is 0 Å². The number of hydrogen-bond acceptors (Lipinski definition) is 4. The lowest BCUT2D eigenvalue weighted by atomic mass is 10.1. The molecule has 0 fully saturated rings. The predicted octanol–water partition coefficient (Wildman–Crippen LogP) is 2.02. The van der Waals surface area contributed by atoms with Crippen LogP contribution in [0.5, 0.6) is 5.75 Å². The van der Waals surface area contributed by atoms with Gasteiger partial charge >= 0.3 is 0 Å². The average Bonchev–Trinajstić information content (AvgIpc) is 2.36. The smallest absolute Gasteiger partial charge is 0.189 e. The molecule has 0 unspecified atom stereocenters. The van der Waals surface area contributed by atoms with Crippen LogP contribution in [0.4, 0.5) is 0 Å². The van der Waals surface area contributed by atoms with E-state index in [1.807, 2.05) is 19.2 Å². The highest BCUT2D eigenvalue weighted by molar-refractivity contribution is 6.30. The van der Waals surface area contributed by atoms with E-state index in [1.54, 1.807) is 0 Å².